The zero-order valence-electron chi connectivity index (χ0n) is 12.6. The van der Waals surface area contributed by atoms with Crippen molar-refractivity contribution in [3.8, 4) is 0 Å². The number of nitrogens with one attached hydrogen (secondary N) is 1. The number of sulfone groups is 1. The normalized spacial score (nSPS) is 36.2. The first-order valence-corrected chi connectivity index (χ1v) is 9.75. The van der Waals surface area contributed by atoms with E-state index in [1.54, 1.807) is 0 Å². The maximum absolute atomic E-state index is 11.7. The fourth-order valence-electron chi connectivity index (χ4n) is 3.81. The van der Waals surface area contributed by atoms with Crippen LogP contribution in [0.5, 0.6) is 0 Å². The lowest BCUT2D eigenvalue weighted by Gasteiger charge is -2.45. The molecule has 0 aromatic carbocycles. The molecule has 4 atom stereocenters. The van der Waals surface area contributed by atoms with Gasteiger partial charge in [0.25, 0.3) is 0 Å². The highest BCUT2D eigenvalue weighted by Crippen LogP contribution is 2.45. The lowest BCUT2D eigenvalue weighted by molar-refractivity contribution is 0.0780. The van der Waals surface area contributed by atoms with Gasteiger partial charge in [0, 0.05) is 12.3 Å². The van der Waals surface area contributed by atoms with Crippen molar-refractivity contribution in [1.29, 1.82) is 0 Å². The highest BCUT2D eigenvalue weighted by Gasteiger charge is 2.40. The average molecular weight is 287 g/mol. The molecule has 2 aliphatic rings. The van der Waals surface area contributed by atoms with Crippen molar-refractivity contribution in [2.45, 2.75) is 63.7 Å². The molecular formula is C15H29NO2S. The van der Waals surface area contributed by atoms with Gasteiger partial charge in [0.05, 0.1) is 5.25 Å². The standard InChI is InChI=1S/C15H29NO2S/c1-11(2)16-10-13-7-8-15(13)12-5-4-6-14(9-12)19(3,17)18/h11-16H,4-10H2,1-3H3. The van der Waals surface area contributed by atoms with Crippen molar-refractivity contribution in [3.63, 3.8) is 0 Å². The molecular weight excluding hydrogens is 258 g/mol. The Kier molecular flexibility index (Phi) is 4.93. The third kappa shape index (κ3) is 3.94. The number of hydrogen-bond acceptors (Lipinski definition) is 3. The van der Waals surface area contributed by atoms with Crippen LogP contribution >= 0.6 is 0 Å². The summed E-state index contributed by atoms with van der Waals surface area (Å²) in [5.41, 5.74) is 0. The third-order valence-electron chi connectivity index (χ3n) is 5.14. The maximum atomic E-state index is 11.7. The van der Waals surface area contributed by atoms with E-state index in [1.165, 1.54) is 25.5 Å². The first-order valence-electron chi connectivity index (χ1n) is 7.80. The second-order valence-corrected chi connectivity index (χ2v) is 9.27. The summed E-state index contributed by atoms with van der Waals surface area (Å²) in [6.45, 7) is 5.49. The van der Waals surface area contributed by atoms with Crippen LogP contribution in [0.4, 0.5) is 0 Å². The van der Waals surface area contributed by atoms with Gasteiger partial charge in [0.2, 0.25) is 0 Å². The second kappa shape index (κ2) is 6.13. The average Bonchev–Trinajstić information content (AvgIpc) is 2.26. The summed E-state index contributed by atoms with van der Waals surface area (Å²) >= 11 is 0. The quantitative estimate of drug-likeness (QED) is 0.845. The molecule has 0 amide bonds. The van der Waals surface area contributed by atoms with Crippen LogP contribution in [0, 0.1) is 17.8 Å². The molecule has 0 radical (unpaired) electrons. The van der Waals surface area contributed by atoms with Gasteiger partial charge in [0.1, 0.15) is 9.84 Å². The molecule has 0 saturated heterocycles. The number of rotatable bonds is 5. The van der Waals surface area contributed by atoms with E-state index in [9.17, 15) is 8.42 Å². The van der Waals surface area contributed by atoms with E-state index in [-0.39, 0.29) is 5.25 Å². The van der Waals surface area contributed by atoms with E-state index in [0.717, 1.165) is 37.6 Å². The summed E-state index contributed by atoms with van der Waals surface area (Å²) in [6.07, 6.45) is 8.20. The summed E-state index contributed by atoms with van der Waals surface area (Å²) < 4.78 is 23.5. The maximum Gasteiger partial charge on any atom is 0.150 e. The Morgan fingerprint density at radius 1 is 1.16 bits per heavy atom. The largest absolute Gasteiger partial charge is 0.314 e. The predicted octanol–water partition coefficient (Wildman–Crippen LogP) is 2.61. The minimum Gasteiger partial charge on any atom is -0.314 e. The lowest BCUT2D eigenvalue weighted by atomic mass is 9.63. The van der Waals surface area contributed by atoms with E-state index in [4.69, 9.17) is 0 Å². The van der Waals surface area contributed by atoms with Gasteiger partial charge in [-0.15, -0.1) is 0 Å². The van der Waals surface area contributed by atoms with Crippen molar-refractivity contribution < 1.29 is 8.42 Å². The highest BCUT2D eigenvalue weighted by atomic mass is 32.2. The molecule has 1 N–H and O–H groups in total. The molecule has 2 saturated carbocycles. The second-order valence-electron chi connectivity index (χ2n) is 6.94. The summed E-state index contributed by atoms with van der Waals surface area (Å²) in [6, 6.07) is 0.552. The Morgan fingerprint density at radius 2 is 1.89 bits per heavy atom. The Morgan fingerprint density at radius 3 is 2.42 bits per heavy atom. The van der Waals surface area contributed by atoms with E-state index < -0.39 is 9.84 Å². The summed E-state index contributed by atoms with van der Waals surface area (Å²) in [5.74, 6) is 2.21. The van der Waals surface area contributed by atoms with Crippen LogP contribution in [0.1, 0.15) is 52.4 Å². The van der Waals surface area contributed by atoms with Crippen LogP contribution in [-0.2, 0) is 9.84 Å². The summed E-state index contributed by atoms with van der Waals surface area (Å²) in [4.78, 5) is 0. The van der Waals surface area contributed by atoms with Crippen LogP contribution in [-0.4, -0.2) is 32.5 Å². The van der Waals surface area contributed by atoms with E-state index in [2.05, 4.69) is 19.2 Å². The van der Waals surface area contributed by atoms with Gasteiger partial charge < -0.3 is 5.32 Å². The van der Waals surface area contributed by atoms with Crippen molar-refractivity contribution in [2.75, 3.05) is 12.8 Å². The van der Waals surface area contributed by atoms with Crippen molar-refractivity contribution in [3.05, 3.63) is 0 Å². The number of hydrogen-bond donors (Lipinski definition) is 1. The zero-order valence-corrected chi connectivity index (χ0v) is 13.4. The van der Waals surface area contributed by atoms with Gasteiger partial charge >= 0.3 is 0 Å². The van der Waals surface area contributed by atoms with Crippen LogP contribution in [0.2, 0.25) is 0 Å². The van der Waals surface area contributed by atoms with E-state index in [0.29, 0.717) is 12.0 Å². The molecule has 4 heteroatoms. The third-order valence-corrected chi connectivity index (χ3v) is 6.78. The van der Waals surface area contributed by atoms with Gasteiger partial charge in [-0.3, -0.25) is 0 Å². The van der Waals surface area contributed by atoms with Crippen LogP contribution in [0.15, 0.2) is 0 Å². The molecule has 2 fully saturated rings. The molecule has 0 aromatic heterocycles. The molecule has 0 bridgehead atoms. The molecule has 2 aliphatic carbocycles. The first-order chi connectivity index (χ1) is 8.88. The van der Waals surface area contributed by atoms with Crippen LogP contribution in [0.25, 0.3) is 0 Å². The predicted molar refractivity (Wildman–Crippen MR) is 79.9 cm³/mol. The van der Waals surface area contributed by atoms with Gasteiger partial charge in [-0.25, -0.2) is 8.42 Å². The molecule has 4 unspecified atom stereocenters. The first kappa shape index (κ1) is 15.3. The molecule has 2 rings (SSSR count). The van der Waals surface area contributed by atoms with Gasteiger partial charge in [0.15, 0.2) is 0 Å². The SMILES string of the molecule is CC(C)NCC1CCC1C1CCCC(S(C)(=O)=O)C1. The molecule has 0 heterocycles. The minimum absolute atomic E-state index is 0.0643. The Labute approximate surface area is 118 Å². The van der Waals surface area contributed by atoms with Crippen molar-refractivity contribution >= 4 is 9.84 Å². The summed E-state index contributed by atoms with van der Waals surface area (Å²) in [5, 5.41) is 3.48. The Balaban J connectivity index is 1.88. The fraction of sp³-hybridized carbons (Fsp3) is 1.00. The smallest absolute Gasteiger partial charge is 0.150 e. The van der Waals surface area contributed by atoms with Gasteiger partial charge in [-0.2, -0.15) is 0 Å². The fourth-order valence-corrected chi connectivity index (χ4v) is 5.01. The molecule has 19 heavy (non-hydrogen) atoms. The molecule has 3 nitrogen and oxygen atoms in total. The lowest BCUT2D eigenvalue weighted by Crippen LogP contribution is -2.43. The van der Waals surface area contributed by atoms with Crippen LogP contribution < -0.4 is 5.32 Å². The highest BCUT2D eigenvalue weighted by molar-refractivity contribution is 7.91. The molecule has 112 valence electrons. The van der Waals surface area contributed by atoms with Gasteiger partial charge in [-0.05, 0) is 50.0 Å². The monoisotopic (exact) mass is 287 g/mol. The van der Waals surface area contributed by atoms with E-state index >= 15 is 0 Å². The van der Waals surface area contributed by atoms with Gasteiger partial charge in [-0.1, -0.05) is 26.7 Å². The van der Waals surface area contributed by atoms with Crippen molar-refractivity contribution in [1.82, 2.24) is 5.32 Å². The molecule has 0 aromatic rings. The molecule has 0 spiro atoms. The Hall–Kier alpha value is -0.0900. The van der Waals surface area contributed by atoms with Crippen LogP contribution in [0.3, 0.4) is 0 Å². The topological polar surface area (TPSA) is 46.2 Å². The Bertz CT molecular complexity index is 391. The minimum atomic E-state index is -2.84. The van der Waals surface area contributed by atoms with Crippen molar-refractivity contribution in [2.24, 2.45) is 17.8 Å². The van der Waals surface area contributed by atoms with E-state index in [1.807, 2.05) is 0 Å². The zero-order chi connectivity index (χ0) is 14.0. The summed E-state index contributed by atoms with van der Waals surface area (Å²) in [7, 11) is -2.84. The molecule has 0 aliphatic heterocycles.